The Morgan fingerprint density at radius 2 is 1.71 bits per heavy atom. The molecule has 0 aliphatic heterocycles. The number of hydrogen-bond acceptors (Lipinski definition) is 9. The zero-order chi connectivity index (χ0) is 29.8. The molecule has 1 amide bonds. The molecule has 0 bridgehead atoms. The number of rotatable bonds is 8. The van der Waals surface area contributed by atoms with E-state index in [-0.39, 0.29) is 4.90 Å². The quantitative estimate of drug-likeness (QED) is 0.207. The van der Waals surface area contributed by atoms with Gasteiger partial charge >= 0.3 is 12.1 Å². The summed E-state index contributed by atoms with van der Waals surface area (Å²) in [5.41, 5.74) is 1.30. The Labute approximate surface area is 249 Å². The van der Waals surface area contributed by atoms with E-state index in [2.05, 4.69) is 15.6 Å². The molecule has 1 saturated carbocycles. The second-order valence-corrected chi connectivity index (χ2v) is 14.5. The summed E-state index contributed by atoms with van der Waals surface area (Å²) in [4.78, 5) is 26.3. The molecule has 1 aliphatic rings. The molecule has 1 aliphatic carbocycles. The number of aliphatic carboxylic acids is 1. The van der Waals surface area contributed by atoms with Gasteiger partial charge in [-0.05, 0) is 54.7 Å². The molecule has 3 aromatic heterocycles. The van der Waals surface area contributed by atoms with Crippen LogP contribution in [-0.2, 0) is 31.8 Å². The predicted molar refractivity (Wildman–Crippen MR) is 162 cm³/mol. The second kappa shape index (κ2) is 10.3. The molecule has 1 fully saturated rings. The van der Waals surface area contributed by atoms with Crippen molar-refractivity contribution in [3.8, 4) is 21.0 Å². The van der Waals surface area contributed by atoms with Gasteiger partial charge in [0.15, 0.2) is 15.7 Å². The van der Waals surface area contributed by atoms with Crippen molar-refractivity contribution in [3.05, 3.63) is 71.8 Å². The van der Waals surface area contributed by atoms with Crippen molar-refractivity contribution in [1.82, 2.24) is 15.0 Å². The van der Waals surface area contributed by atoms with E-state index in [4.69, 9.17) is 4.74 Å². The number of carbonyl (C=O) groups is 2. The summed E-state index contributed by atoms with van der Waals surface area (Å²) in [6.07, 6.45) is 0.879. The van der Waals surface area contributed by atoms with E-state index >= 15 is 0 Å². The van der Waals surface area contributed by atoms with Crippen LogP contribution >= 0.6 is 22.7 Å². The lowest BCUT2D eigenvalue weighted by Crippen LogP contribution is -2.22. The van der Waals surface area contributed by atoms with E-state index in [0.717, 1.165) is 31.0 Å². The number of nitrogens with zero attached hydrogens (tertiary/aromatic N) is 3. The summed E-state index contributed by atoms with van der Waals surface area (Å²) in [7, 11) is -1.97. The van der Waals surface area contributed by atoms with Crippen LogP contribution in [0.3, 0.4) is 0 Å². The van der Waals surface area contributed by atoms with Crippen LogP contribution < -0.4 is 5.32 Å². The fourth-order valence-electron chi connectivity index (χ4n) is 4.94. The summed E-state index contributed by atoms with van der Waals surface area (Å²) >= 11 is 2.95. The Hall–Kier alpha value is -4.07. The molecular formula is C29H26N4O6S3. The number of thiophene rings is 2. The highest BCUT2D eigenvalue weighted by Gasteiger charge is 2.53. The van der Waals surface area contributed by atoms with Gasteiger partial charge in [-0.3, -0.25) is 10.1 Å². The van der Waals surface area contributed by atoms with E-state index in [1.807, 2.05) is 42.5 Å². The van der Waals surface area contributed by atoms with Gasteiger partial charge in [0.2, 0.25) is 0 Å². The second-order valence-electron chi connectivity index (χ2n) is 10.3. The van der Waals surface area contributed by atoms with Crippen LogP contribution in [0, 0.1) is 0 Å². The Morgan fingerprint density at radius 1 is 1.05 bits per heavy atom. The first-order valence-corrected chi connectivity index (χ1v) is 16.5. The number of aromatic nitrogens is 3. The van der Waals surface area contributed by atoms with Crippen LogP contribution in [0.25, 0.3) is 30.4 Å². The number of amides is 1. The third kappa shape index (κ3) is 5.08. The van der Waals surface area contributed by atoms with Crippen LogP contribution in [0.15, 0.2) is 65.6 Å². The van der Waals surface area contributed by atoms with Gasteiger partial charge in [0.1, 0.15) is 11.8 Å². The monoisotopic (exact) mass is 622 g/mol. The minimum Gasteiger partial charge on any atom is -0.481 e. The van der Waals surface area contributed by atoms with Gasteiger partial charge in [-0.1, -0.05) is 47.7 Å². The predicted octanol–water partition coefficient (Wildman–Crippen LogP) is 6.25. The summed E-state index contributed by atoms with van der Waals surface area (Å²) in [5.74, 6) is -0.601. The largest absolute Gasteiger partial charge is 0.481 e. The Balaban J connectivity index is 1.26. The number of carboxylic acid groups (broad SMARTS) is 1. The summed E-state index contributed by atoms with van der Waals surface area (Å²) in [6, 6.07) is 18.4. The van der Waals surface area contributed by atoms with Gasteiger partial charge in [-0.15, -0.1) is 27.8 Å². The van der Waals surface area contributed by atoms with Crippen LogP contribution in [0.2, 0.25) is 0 Å². The molecule has 10 nitrogen and oxygen atoms in total. The van der Waals surface area contributed by atoms with E-state index in [9.17, 15) is 23.1 Å². The van der Waals surface area contributed by atoms with Gasteiger partial charge < -0.3 is 9.84 Å². The molecule has 42 heavy (non-hydrogen) atoms. The Kier molecular flexibility index (Phi) is 6.90. The highest BCUT2D eigenvalue weighted by Crippen LogP contribution is 2.51. The van der Waals surface area contributed by atoms with Gasteiger partial charge in [-0.25, -0.2) is 17.9 Å². The molecule has 2 N–H and O–H groups in total. The lowest BCUT2D eigenvalue weighted by Gasteiger charge is -2.15. The third-order valence-corrected chi connectivity index (χ3v) is 10.9. The van der Waals surface area contributed by atoms with Crippen molar-refractivity contribution in [2.24, 2.45) is 7.05 Å². The van der Waals surface area contributed by atoms with E-state index < -0.39 is 33.4 Å². The number of aryl methyl sites for hydroxylation is 1. The smallest absolute Gasteiger partial charge is 0.413 e. The van der Waals surface area contributed by atoms with Crippen molar-refractivity contribution in [3.63, 3.8) is 0 Å². The van der Waals surface area contributed by atoms with E-state index in [0.29, 0.717) is 35.5 Å². The number of benzene rings is 2. The standard InChI is InChI=1S/C29H26N4O6S3/c1-16(17-7-5-4-6-8-17)39-28(36)30-26-25(31-32-33(26)2)23-15-22-21(41-23)14-20(40-22)18-9-10-19(24(13-18)42(3,37)38)29(11-12-29)27(34)35/h4-10,13-16H,11-12H2,1-3H3,(H,30,36)(H,34,35)/t16-/m1/s1. The molecule has 5 aromatic rings. The van der Waals surface area contributed by atoms with Crippen LogP contribution in [0.4, 0.5) is 10.6 Å². The lowest BCUT2D eigenvalue weighted by atomic mass is 9.95. The zero-order valence-electron chi connectivity index (χ0n) is 22.8. The van der Waals surface area contributed by atoms with Crippen LogP contribution in [0.5, 0.6) is 0 Å². The number of anilines is 1. The maximum atomic E-state index is 12.7. The first kappa shape index (κ1) is 28.1. The fourth-order valence-corrected chi connectivity index (χ4v) is 8.32. The Bertz CT molecular complexity index is 1920. The summed E-state index contributed by atoms with van der Waals surface area (Å²) in [6.45, 7) is 1.80. The van der Waals surface area contributed by atoms with Gasteiger partial charge in [0.05, 0.1) is 15.2 Å². The minimum absolute atomic E-state index is 0.0566. The average Bonchev–Trinajstić information content (AvgIpc) is 3.36. The Morgan fingerprint density at radius 3 is 2.36 bits per heavy atom. The number of carboxylic acids is 1. The molecule has 0 unspecified atom stereocenters. The highest BCUT2D eigenvalue weighted by molar-refractivity contribution is 7.90. The topological polar surface area (TPSA) is 140 Å². The number of fused-ring (bicyclic) bond motifs is 1. The van der Waals surface area contributed by atoms with Crippen LogP contribution in [-0.4, -0.2) is 46.8 Å². The number of nitrogens with one attached hydrogen (secondary N) is 1. The maximum absolute atomic E-state index is 12.7. The maximum Gasteiger partial charge on any atom is 0.413 e. The first-order valence-electron chi connectivity index (χ1n) is 13.0. The summed E-state index contributed by atoms with van der Waals surface area (Å²) in [5, 5.41) is 20.9. The summed E-state index contributed by atoms with van der Waals surface area (Å²) < 4.78 is 34.3. The van der Waals surface area contributed by atoms with Crippen molar-refractivity contribution in [1.29, 1.82) is 0 Å². The van der Waals surface area contributed by atoms with E-state index in [1.165, 1.54) is 27.4 Å². The zero-order valence-corrected chi connectivity index (χ0v) is 25.3. The molecule has 0 saturated heterocycles. The molecule has 2 aromatic carbocycles. The fraction of sp³-hybridized carbons (Fsp3) is 0.241. The number of ether oxygens (including phenoxy) is 1. The molecule has 0 radical (unpaired) electrons. The third-order valence-electron chi connectivity index (χ3n) is 7.38. The number of carbonyl (C=O) groups excluding carboxylic acids is 1. The first-order chi connectivity index (χ1) is 20.0. The minimum atomic E-state index is -3.65. The van der Waals surface area contributed by atoms with E-state index in [1.54, 1.807) is 32.2 Å². The van der Waals surface area contributed by atoms with Gasteiger partial charge in [0, 0.05) is 27.6 Å². The SMILES string of the molecule is C[C@@H](OC(=O)Nc1c(-c2cc3sc(-c4ccc(C5(C(=O)O)CC5)c(S(C)(=O)=O)c4)cc3s2)nnn1C)c1ccccc1. The van der Waals surface area contributed by atoms with Crippen molar-refractivity contribution < 1.29 is 27.9 Å². The van der Waals surface area contributed by atoms with Gasteiger partial charge in [-0.2, -0.15) is 0 Å². The molecule has 0 spiro atoms. The number of hydrogen-bond donors (Lipinski definition) is 2. The van der Waals surface area contributed by atoms with Gasteiger partial charge in [0.25, 0.3) is 0 Å². The molecular weight excluding hydrogens is 597 g/mol. The normalized spacial score (nSPS) is 14.9. The average molecular weight is 623 g/mol. The van der Waals surface area contributed by atoms with Crippen molar-refractivity contribution in [2.75, 3.05) is 11.6 Å². The highest BCUT2D eigenvalue weighted by atomic mass is 32.2. The molecule has 13 heteroatoms. The van der Waals surface area contributed by atoms with Crippen molar-refractivity contribution >= 4 is 59.8 Å². The molecule has 1 atom stereocenters. The van der Waals surface area contributed by atoms with Crippen LogP contribution in [0.1, 0.15) is 37.0 Å². The molecule has 216 valence electrons. The number of sulfone groups is 1. The van der Waals surface area contributed by atoms with Crippen molar-refractivity contribution in [2.45, 2.75) is 36.2 Å². The molecule has 6 rings (SSSR count). The molecule has 3 heterocycles. The lowest BCUT2D eigenvalue weighted by molar-refractivity contribution is -0.140.